The number of likely N-dealkylation sites (N-methyl/N-ethyl adjacent to an activating group) is 1. The molecule has 7 nitrogen and oxygen atoms in total. The van der Waals surface area contributed by atoms with Crippen molar-refractivity contribution < 1.29 is 21.6 Å². The maximum absolute atomic E-state index is 13.4. The van der Waals surface area contributed by atoms with Crippen molar-refractivity contribution in [2.24, 2.45) is 0 Å². The number of hydrogen-bond donors (Lipinski definition) is 0. The Hall–Kier alpha value is -1.94. The molecule has 0 aromatic heterocycles. The smallest absolute Gasteiger partial charge is 0.243 e. The van der Waals surface area contributed by atoms with Gasteiger partial charge in [0, 0.05) is 37.5 Å². The Labute approximate surface area is 198 Å². The lowest BCUT2D eigenvalue weighted by Gasteiger charge is -2.29. The molecule has 2 unspecified atom stereocenters. The van der Waals surface area contributed by atoms with Crippen LogP contribution in [0.5, 0.6) is 5.75 Å². The molecule has 2 atom stereocenters. The summed E-state index contributed by atoms with van der Waals surface area (Å²) in [6.45, 7) is 7.60. The van der Waals surface area contributed by atoms with Crippen LogP contribution < -0.4 is 4.74 Å². The average Bonchev–Trinajstić information content (AvgIpc) is 3.29. The minimum absolute atomic E-state index is 0.0425. The molecule has 33 heavy (non-hydrogen) atoms. The van der Waals surface area contributed by atoms with Crippen LogP contribution in [0.2, 0.25) is 0 Å². The standard InChI is InChI=1S/C24H34N2O5S2/c1-4-26(22-15-16-25(19-22)20(3)21-9-7-6-8-10-21)33(29,30)24-13-11-23(12-14-24)31-17-18-32(27,28)5-2/h6-14,20,22H,4-5,15-19H2,1-3H3. The molecule has 2 aromatic carbocycles. The number of sulfone groups is 1. The van der Waals surface area contributed by atoms with Crippen LogP contribution in [0.3, 0.4) is 0 Å². The lowest BCUT2D eigenvalue weighted by molar-refractivity contribution is 0.239. The van der Waals surface area contributed by atoms with Crippen LogP contribution in [0, 0.1) is 0 Å². The second kappa shape index (κ2) is 11.0. The third-order valence-electron chi connectivity index (χ3n) is 6.28. The second-order valence-electron chi connectivity index (χ2n) is 8.29. The number of likely N-dealkylation sites (tertiary alicyclic amines) is 1. The summed E-state index contributed by atoms with van der Waals surface area (Å²) in [5, 5.41) is 0. The molecule has 1 saturated heterocycles. The van der Waals surface area contributed by atoms with Crippen molar-refractivity contribution in [2.75, 3.05) is 37.7 Å². The number of sulfonamides is 1. The third-order valence-corrected chi connectivity index (χ3v) is 9.99. The molecule has 0 radical (unpaired) electrons. The predicted molar refractivity (Wildman–Crippen MR) is 131 cm³/mol. The second-order valence-corrected chi connectivity index (χ2v) is 12.7. The molecule has 2 aromatic rings. The highest BCUT2D eigenvalue weighted by Gasteiger charge is 2.36. The van der Waals surface area contributed by atoms with Gasteiger partial charge in [0.15, 0.2) is 9.84 Å². The van der Waals surface area contributed by atoms with Crippen LogP contribution >= 0.6 is 0 Å². The van der Waals surface area contributed by atoms with Gasteiger partial charge in [-0.25, -0.2) is 16.8 Å². The lowest BCUT2D eigenvalue weighted by atomic mass is 10.1. The van der Waals surface area contributed by atoms with Crippen molar-refractivity contribution in [1.29, 1.82) is 0 Å². The van der Waals surface area contributed by atoms with E-state index in [0.29, 0.717) is 18.8 Å². The van der Waals surface area contributed by atoms with Gasteiger partial charge in [-0.2, -0.15) is 4.31 Å². The quantitative estimate of drug-likeness (QED) is 0.476. The molecule has 1 aliphatic heterocycles. The molecule has 182 valence electrons. The van der Waals surface area contributed by atoms with Gasteiger partial charge in [-0.1, -0.05) is 44.2 Å². The van der Waals surface area contributed by atoms with Gasteiger partial charge in [0.05, 0.1) is 10.6 Å². The zero-order valence-electron chi connectivity index (χ0n) is 19.6. The Balaban J connectivity index is 1.65. The SMILES string of the molecule is CCN(C1CCN(C(C)c2ccccc2)C1)S(=O)(=O)c1ccc(OCCS(=O)(=O)CC)cc1. The van der Waals surface area contributed by atoms with Gasteiger partial charge in [0.2, 0.25) is 10.0 Å². The van der Waals surface area contributed by atoms with Crippen molar-refractivity contribution in [1.82, 2.24) is 9.21 Å². The van der Waals surface area contributed by atoms with E-state index in [1.165, 1.54) is 17.7 Å². The van der Waals surface area contributed by atoms with E-state index in [1.54, 1.807) is 23.4 Å². The van der Waals surface area contributed by atoms with E-state index < -0.39 is 19.9 Å². The minimum Gasteiger partial charge on any atom is -0.493 e. The first-order chi connectivity index (χ1) is 15.7. The first-order valence-corrected chi connectivity index (χ1v) is 14.7. The summed E-state index contributed by atoms with van der Waals surface area (Å²) in [4.78, 5) is 2.55. The maximum Gasteiger partial charge on any atom is 0.243 e. The Bertz CT molecular complexity index is 1100. The van der Waals surface area contributed by atoms with Gasteiger partial charge in [0.25, 0.3) is 0 Å². The van der Waals surface area contributed by atoms with Crippen LogP contribution in [0.1, 0.15) is 38.8 Å². The highest BCUT2D eigenvalue weighted by Crippen LogP contribution is 2.29. The summed E-state index contributed by atoms with van der Waals surface area (Å²) in [6, 6.07) is 16.6. The number of ether oxygens (including phenoxy) is 1. The van der Waals surface area contributed by atoms with Gasteiger partial charge in [0.1, 0.15) is 12.4 Å². The van der Waals surface area contributed by atoms with Gasteiger partial charge in [-0.15, -0.1) is 0 Å². The topological polar surface area (TPSA) is 84.0 Å². The molecule has 9 heteroatoms. The van der Waals surface area contributed by atoms with Gasteiger partial charge in [-0.05, 0) is 43.2 Å². The number of benzene rings is 2. The monoisotopic (exact) mass is 494 g/mol. The normalized spacial score (nSPS) is 18.5. The van der Waals surface area contributed by atoms with E-state index in [9.17, 15) is 16.8 Å². The zero-order valence-corrected chi connectivity index (χ0v) is 21.2. The molecular formula is C24H34N2O5S2. The molecule has 1 heterocycles. The van der Waals surface area contributed by atoms with E-state index in [0.717, 1.165) is 13.0 Å². The van der Waals surface area contributed by atoms with Crippen LogP contribution in [0.25, 0.3) is 0 Å². The molecule has 0 aliphatic carbocycles. The van der Waals surface area contributed by atoms with E-state index in [4.69, 9.17) is 4.74 Å². The largest absolute Gasteiger partial charge is 0.493 e. The molecule has 3 rings (SSSR count). The Morgan fingerprint density at radius 3 is 2.30 bits per heavy atom. The lowest BCUT2D eigenvalue weighted by Crippen LogP contribution is -2.42. The van der Waals surface area contributed by atoms with Crippen molar-refractivity contribution in [3.63, 3.8) is 0 Å². The summed E-state index contributed by atoms with van der Waals surface area (Å²) in [5.41, 5.74) is 1.23. The molecule has 1 aliphatic rings. The summed E-state index contributed by atoms with van der Waals surface area (Å²) >= 11 is 0. The first-order valence-electron chi connectivity index (χ1n) is 11.4. The molecule has 0 spiro atoms. The van der Waals surface area contributed by atoms with Crippen molar-refractivity contribution in [3.8, 4) is 5.75 Å². The Morgan fingerprint density at radius 1 is 1.03 bits per heavy atom. The van der Waals surface area contributed by atoms with Crippen molar-refractivity contribution >= 4 is 19.9 Å². The zero-order chi connectivity index (χ0) is 24.1. The summed E-state index contributed by atoms with van der Waals surface area (Å²) in [7, 11) is -6.76. The third kappa shape index (κ3) is 6.35. The summed E-state index contributed by atoms with van der Waals surface area (Å²) in [6.07, 6.45) is 0.789. The van der Waals surface area contributed by atoms with Gasteiger partial charge in [-0.3, -0.25) is 4.90 Å². The number of nitrogens with zero attached hydrogens (tertiary/aromatic N) is 2. The average molecular weight is 495 g/mol. The summed E-state index contributed by atoms with van der Waals surface area (Å²) in [5.74, 6) is 0.461. The van der Waals surface area contributed by atoms with Crippen LogP contribution in [0.15, 0.2) is 59.5 Å². The van der Waals surface area contributed by atoms with Crippen LogP contribution in [-0.4, -0.2) is 69.8 Å². The number of rotatable bonds is 11. The summed E-state index contributed by atoms with van der Waals surface area (Å²) < 4.78 is 57.0. The number of hydrogen-bond acceptors (Lipinski definition) is 6. The molecule has 0 bridgehead atoms. The van der Waals surface area contributed by atoms with E-state index in [1.807, 2.05) is 25.1 Å². The van der Waals surface area contributed by atoms with Crippen molar-refractivity contribution in [2.45, 2.75) is 44.2 Å². The van der Waals surface area contributed by atoms with Gasteiger partial charge >= 0.3 is 0 Å². The van der Waals surface area contributed by atoms with Crippen LogP contribution in [0.4, 0.5) is 0 Å². The highest BCUT2D eigenvalue weighted by molar-refractivity contribution is 7.91. The predicted octanol–water partition coefficient (Wildman–Crippen LogP) is 3.35. The van der Waals surface area contributed by atoms with Gasteiger partial charge < -0.3 is 4.74 Å². The highest BCUT2D eigenvalue weighted by atomic mass is 32.2. The molecule has 1 fully saturated rings. The minimum atomic E-state index is -3.66. The van der Waals surface area contributed by atoms with E-state index in [-0.39, 0.29) is 35.1 Å². The fraction of sp³-hybridized carbons (Fsp3) is 0.500. The molecular weight excluding hydrogens is 460 g/mol. The molecule has 0 amide bonds. The van der Waals surface area contributed by atoms with Crippen molar-refractivity contribution in [3.05, 3.63) is 60.2 Å². The molecule has 0 saturated carbocycles. The van der Waals surface area contributed by atoms with E-state index >= 15 is 0 Å². The first kappa shape index (κ1) is 25.7. The van der Waals surface area contributed by atoms with E-state index in [2.05, 4.69) is 24.0 Å². The Kier molecular flexibility index (Phi) is 8.55. The van der Waals surface area contributed by atoms with Crippen LogP contribution in [-0.2, 0) is 19.9 Å². The maximum atomic E-state index is 13.4. The fourth-order valence-electron chi connectivity index (χ4n) is 4.20. The molecule has 0 N–H and O–H groups in total. The fourth-order valence-corrected chi connectivity index (χ4v) is 6.48. The Morgan fingerprint density at radius 2 is 1.70 bits per heavy atom.